The van der Waals surface area contributed by atoms with Crippen molar-refractivity contribution in [2.45, 2.75) is 26.3 Å². The normalized spacial score (nSPS) is 16.7. The van der Waals surface area contributed by atoms with Gasteiger partial charge in [0.25, 0.3) is 0 Å². The summed E-state index contributed by atoms with van der Waals surface area (Å²) in [6.45, 7) is 5.31. The number of piperidine rings is 1. The molecule has 1 fully saturated rings. The summed E-state index contributed by atoms with van der Waals surface area (Å²) in [5.74, 6) is 2.63. The largest absolute Gasteiger partial charge is 0.486 e. The van der Waals surface area contributed by atoms with E-state index in [1.807, 2.05) is 49.4 Å². The lowest BCUT2D eigenvalue weighted by Crippen LogP contribution is -2.37. The summed E-state index contributed by atoms with van der Waals surface area (Å²) in [7, 11) is 0. The molecule has 8 heteroatoms. The molecule has 2 aliphatic rings. The minimum Gasteiger partial charge on any atom is -0.486 e. The van der Waals surface area contributed by atoms with E-state index in [0.717, 1.165) is 42.7 Å². The van der Waals surface area contributed by atoms with Gasteiger partial charge in [0, 0.05) is 23.2 Å². The highest BCUT2D eigenvalue weighted by Crippen LogP contribution is 2.33. The third kappa shape index (κ3) is 4.45. The van der Waals surface area contributed by atoms with Crippen LogP contribution >= 0.6 is 0 Å². The van der Waals surface area contributed by atoms with Gasteiger partial charge in [0.2, 0.25) is 17.6 Å². The molecule has 0 unspecified atom stereocenters. The first-order valence-electron chi connectivity index (χ1n) is 11.0. The standard InChI is InChI=1S/C24H26N4O4/c1-16-4-2-3-5-19(16)23-26-22(32-27-23)15-28-10-8-17(9-11-28)24(29)25-18-6-7-20-21(14-18)31-13-12-30-20/h2-7,14,17H,8-13,15H2,1H3,(H,25,29). The van der Waals surface area contributed by atoms with E-state index in [-0.39, 0.29) is 11.8 Å². The number of amides is 1. The number of aromatic nitrogens is 2. The number of hydrogen-bond acceptors (Lipinski definition) is 7. The topological polar surface area (TPSA) is 89.7 Å². The van der Waals surface area contributed by atoms with Crippen LogP contribution in [0.5, 0.6) is 11.5 Å². The molecule has 3 heterocycles. The van der Waals surface area contributed by atoms with Gasteiger partial charge in [-0.05, 0) is 50.6 Å². The highest BCUT2D eigenvalue weighted by molar-refractivity contribution is 5.93. The average molecular weight is 434 g/mol. The van der Waals surface area contributed by atoms with Gasteiger partial charge >= 0.3 is 0 Å². The van der Waals surface area contributed by atoms with Crippen molar-refractivity contribution in [3.63, 3.8) is 0 Å². The summed E-state index contributed by atoms with van der Waals surface area (Å²) >= 11 is 0. The maximum absolute atomic E-state index is 12.8. The van der Waals surface area contributed by atoms with Gasteiger partial charge in [0.1, 0.15) is 13.2 Å². The molecule has 0 aliphatic carbocycles. The Morgan fingerprint density at radius 1 is 1.09 bits per heavy atom. The summed E-state index contributed by atoms with van der Waals surface area (Å²) in [6, 6.07) is 13.5. The van der Waals surface area contributed by atoms with E-state index in [4.69, 9.17) is 14.0 Å². The van der Waals surface area contributed by atoms with Crippen molar-refractivity contribution >= 4 is 11.6 Å². The van der Waals surface area contributed by atoms with Crippen LogP contribution in [0.15, 0.2) is 47.0 Å². The SMILES string of the molecule is Cc1ccccc1-c1noc(CN2CCC(C(=O)Nc3ccc4c(c3)OCCO4)CC2)n1. The number of carbonyl (C=O) groups is 1. The van der Waals surface area contributed by atoms with Gasteiger partial charge in [-0.1, -0.05) is 29.4 Å². The lowest BCUT2D eigenvalue weighted by molar-refractivity contribution is -0.121. The third-order valence-corrected chi connectivity index (χ3v) is 5.98. The Kier molecular flexibility index (Phi) is 5.77. The monoisotopic (exact) mass is 434 g/mol. The number of fused-ring (bicyclic) bond motifs is 1. The molecule has 1 amide bonds. The number of anilines is 1. The number of hydrogen-bond donors (Lipinski definition) is 1. The Morgan fingerprint density at radius 3 is 2.69 bits per heavy atom. The molecule has 0 radical (unpaired) electrons. The molecule has 5 rings (SSSR count). The molecular formula is C24H26N4O4. The first-order chi connectivity index (χ1) is 15.7. The smallest absolute Gasteiger partial charge is 0.241 e. The van der Waals surface area contributed by atoms with E-state index < -0.39 is 0 Å². The molecule has 2 aromatic carbocycles. The predicted molar refractivity (Wildman–Crippen MR) is 119 cm³/mol. The van der Waals surface area contributed by atoms with Crippen LogP contribution in [0.1, 0.15) is 24.3 Å². The predicted octanol–water partition coefficient (Wildman–Crippen LogP) is 3.67. The van der Waals surface area contributed by atoms with Crippen LogP contribution in [0.3, 0.4) is 0 Å². The second-order valence-electron chi connectivity index (χ2n) is 8.22. The number of carbonyl (C=O) groups excluding carboxylic acids is 1. The molecule has 2 aliphatic heterocycles. The van der Waals surface area contributed by atoms with Crippen LogP contribution in [-0.4, -0.2) is 47.3 Å². The van der Waals surface area contributed by atoms with Crippen LogP contribution in [0, 0.1) is 12.8 Å². The van der Waals surface area contributed by atoms with Crippen LogP contribution in [-0.2, 0) is 11.3 Å². The number of ether oxygens (including phenoxy) is 2. The van der Waals surface area contributed by atoms with E-state index in [2.05, 4.69) is 20.4 Å². The number of nitrogens with one attached hydrogen (secondary N) is 1. The fraction of sp³-hybridized carbons (Fsp3) is 0.375. The summed E-state index contributed by atoms with van der Waals surface area (Å²) in [4.78, 5) is 19.6. The molecule has 8 nitrogen and oxygen atoms in total. The number of nitrogens with zero attached hydrogens (tertiary/aromatic N) is 3. The highest BCUT2D eigenvalue weighted by atomic mass is 16.6. The van der Waals surface area contributed by atoms with Gasteiger partial charge in [0.05, 0.1) is 6.54 Å². The van der Waals surface area contributed by atoms with Gasteiger partial charge < -0.3 is 19.3 Å². The maximum Gasteiger partial charge on any atom is 0.241 e. The first kappa shape index (κ1) is 20.5. The molecule has 3 aromatic rings. The summed E-state index contributed by atoms with van der Waals surface area (Å²) in [5.41, 5.74) is 2.83. The zero-order valence-corrected chi connectivity index (χ0v) is 18.0. The zero-order chi connectivity index (χ0) is 21.9. The van der Waals surface area contributed by atoms with Gasteiger partial charge in [0.15, 0.2) is 11.5 Å². The molecule has 166 valence electrons. The van der Waals surface area contributed by atoms with Crippen molar-refractivity contribution in [1.29, 1.82) is 0 Å². The molecule has 0 saturated carbocycles. The third-order valence-electron chi connectivity index (χ3n) is 5.98. The van der Waals surface area contributed by atoms with E-state index in [0.29, 0.717) is 43.0 Å². The fourth-order valence-corrected chi connectivity index (χ4v) is 4.16. The lowest BCUT2D eigenvalue weighted by Gasteiger charge is -2.30. The molecular weight excluding hydrogens is 408 g/mol. The maximum atomic E-state index is 12.8. The van der Waals surface area contributed by atoms with Crippen molar-refractivity contribution < 1.29 is 18.8 Å². The van der Waals surface area contributed by atoms with Crippen molar-refractivity contribution in [3.05, 3.63) is 53.9 Å². The minimum absolute atomic E-state index is 0.0235. The van der Waals surface area contributed by atoms with E-state index >= 15 is 0 Å². The van der Waals surface area contributed by atoms with Gasteiger partial charge in [-0.3, -0.25) is 9.69 Å². The Morgan fingerprint density at radius 2 is 1.88 bits per heavy atom. The van der Waals surface area contributed by atoms with E-state index in [1.165, 1.54) is 0 Å². The number of aryl methyl sites for hydroxylation is 1. The average Bonchev–Trinajstić information content (AvgIpc) is 3.28. The van der Waals surface area contributed by atoms with Crippen molar-refractivity contribution in [3.8, 4) is 22.9 Å². The quantitative estimate of drug-likeness (QED) is 0.655. The number of benzene rings is 2. The fourth-order valence-electron chi connectivity index (χ4n) is 4.16. The summed E-state index contributed by atoms with van der Waals surface area (Å²) < 4.78 is 16.6. The van der Waals surface area contributed by atoms with Crippen LogP contribution in [0.4, 0.5) is 5.69 Å². The molecule has 0 spiro atoms. The second kappa shape index (κ2) is 9.00. The van der Waals surface area contributed by atoms with Crippen molar-refractivity contribution in [2.24, 2.45) is 5.92 Å². The van der Waals surface area contributed by atoms with Crippen LogP contribution in [0.25, 0.3) is 11.4 Å². The molecule has 32 heavy (non-hydrogen) atoms. The first-order valence-corrected chi connectivity index (χ1v) is 11.0. The lowest BCUT2D eigenvalue weighted by atomic mass is 9.96. The Balaban J connectivity index is 1.14. The number of rotatable bonds is 5. The second-order valence-corrected chi connectivity index (χ2v) is 8.22. The molecule has 0 bridgehead atoms. The minimum atomic E-state index is -0.0235. The van der Waals surface area contributed by atoms with Crippen molar-refractivity contribution in [1.82, 2.24) is 15.0 Å². The summed E-state index contributed by atoms with van der Waals surface area (Å²) in [5, 5.41) is 7.16. The zero-order valence-electron chi connectivity index (χ0n) is 18.0. The van der Waals surface area contributed by atoms with Gasteiger partial charge in [-0.15, -0.1) is 0 Å². The Hall–Kier alpha value is -3.39. The van der Waals surface area contributed by atoms with Crippen LogP contribution < -0.4 is 14.8 Å². The van der Waals surface area contributed by atoms with Gasteiger partial charge in [-0.25, -0.2) is 0 Å². The van der Waals surface area contributed by atoms with E-state index in [1.54, 1.807) is 0 Å². The van der Waals surface area contributed by atoms with Crippen LogP contribution in [0.2, 0.25) is 0 Å². The molecule has 1 aromatic heterocycles. The Bertz CT molecular complexity index is 1100. The summed E-state index contributed by atoms with van der Waals surface area (Å²) in [6.07, 6.45) is 1.57. The highest BCUT2D eigenvalue weighted by Gasteiger charge is 2.26. The molecule has 1 saturated heterocycles. The van der Waals surface area contributed by atoms with E-state index in [9.17, 15) is 4.79 Å². The molecule has 0 atom stereocenters. The Labute approximate surface area is 186 Å². The van der Waals surface area contributed by atoms with Gasteiger partial charge in [-0.2, -0.15) is 4.98 Å². The van der Waals surface area contributed by atoms with Crippen molar-refractivity contribution in [2.75, 3.05) is 31.6 Å². The molecule has 1 N–H and O–H groups in total. The number of likely N-dealkylation sites (tertiary alicyclic amines) is 1.